The summed E-state index contributed by atoms with van der Waals surface area (Å²) >= 11 is 5.89. The van der Waals surface area contributed by atoms with Crippen LogP contribution in [0.25, 0.3) is 0 Å². The maximum Gasteiger partial charge on any atom is 0.271 e. The van der Waals surface area contributed by atoms with E-state index in [0.717, 1.165) is 23.3 Å². The lowest BCUT2D eigenvalue weighted by Crippen LogP contribution is -2.17. The highest BCUT2D eigenvalue weighted by molar-refractivity contribution is 6.30. The molecule has 0 aliphatic carbocycles. The molecule has 0 fully saturated rings. The molecule has 0 aromatic heterocycles. The number of rotatable bonds is 10. The van der Waals surface area contributed by atoms with Gasteiger partial charge in [0.2, 0.25) is 0 Å². The fraction of sp³-hybridized carbons (Fsp3) is 0.200. The Kier molecular flexibility index (Phi) is 8.52. The summed E-state index contributed by atoms with van der Waals surface area (Å²) in [4.78, 5) is 12.4. The van der Waals surface area contributed by atoms with Crippen LogP contribution in [-0.2, 0) is 6.61 Å². The smallest absolute Gasteiger partial charge is 0.271 e. The van der Waals surface area contributed by atoms with Gasteiger partial charge in [-0.05, 0) is 72.1 Å². The lowest BCUT2D eigenvalue weighted by atomic mass is 10.2. The van der Waals surface area contributed by atoms with Crippen LogP contribution in [0.15, 0.2) is 71.8 Å². The first-order chi connectivity index (χ1) is 15.6. The van der Waals surface area contributed by atoms with E-state index in [1.165, 1.54) is 7.11 Å². The van der Waals surface area contributed by atoms with Crippen LogP contribution in [-0.4, -0.2) is 25.8 Å². The largest absolute Gasteiger partial charge is 0.493 e. The van der Waals surface area contributed by atoms with E-state index in [4.69, 9.17) is 25.8 Å². The van der Waals surface area contributed by atoms with E-state index >= 15 is 0 Å². The molecule has 3 aromatic carbocycles. The molecule has 0 unspecified atom stereocenters. The standard InChI is InChI=1S/C25H25ClN2O4/c1-3-14-31-23-13-8-20(15-24(23)30-2)25(29)28-27-16-18-6-11-22(12-7-18)32-17-19-4-9-21(26)10-5-19/h4-13,15-16H,3,14,17H2,1-2H3,(H,28,29)/b27-16+. The second-order valence-corrected chi connectivity index (χ2v) is 7.33. The number of carbonyl (C=O) groups is 1. The van der Waals surface area contributed by atoms with Crippen molar-refractivity contribution in [2.24, 2.45) is 5.10 Å². The minimum atomic E-state index is -0.343. The number of halogens is 1. The summed E-state index contributed by atoms with van der Waals surface area (Å²) in [6.07, 6.45) is 2.45. The first kappa shape index (κ1) is 23.2. The molecule has 0 bridgehead atoms. The van der Waals surface area contributed by atoms with Gasteiger partial charge in [-0.15, -0.1) is 0 Å². The van der Waals surface area contributed by atoms with Gasteiger partial charge in [0.25, 0.3) is 5.91 Å². The lowest BCUT2D eigenvalue weighted by Gasteiger charge is -2.11. The highest BCUT2D eigenvalue weighted by atomic mass is 35.5. The predicted octanol–water partition coefficient (Wildman–Crippen LogP) is 5.48. The maximum atomic E-state index is 12.4. The van der Waals surface area contributed by atoms with Crippen LogP contribution >= 0.6 is 11.6 Å². The first-order valence-electron chi connectivity index (χ1n) is 10.2. The highest BCUT2D eigenvalue weighted by Gasteiger charge is 2.10. The van der Waals surface area contributed by atoms with Crippen LogP contribution in [0.1, 0.15) is 34.8 Å². The average molecular weight is 453 g/mol. The molecule has 32 heavy (non-hydrogen) atoms. The van der Waals surface area contributed by atoms with Crippen molar-refractivity contribution in [1.29, 1.82) is 0 Å². The van der Waals surface area contributed by atoms with Crippen molar-refractivity contribution in [1.82, 2.24) is 5.43 Å². The molecule has 3 rings (SSSR count). The minimum Gasteiger partial charge on any atom is -0.493 e. The third kappa shape index (κ3) is 6.75. The van der Waals surface area contributed by atoms with E-state index in [-0.39, 0.29) is 5.91 Å². The molecular formula is C25H25ClN2O4. The van der Waals surface area contributed by atoms with Gasteiger partial charge in [-0.1, -0.05) is 30.7 Å². The molecule has 0 aliphatic rings. The van der Waals surface area contributed by atoms with E-state index in [2.05, 4.69) is 10.5 Å². The van der Waals surface area contributed by atoms with Crippen LogP contribution in [0, 0.1) is 0 Å². The quantitative estimate of drug-likeness (QED) is 0.326. The number of carbonyl (C=O) groups excluding carboxylic acids is 1. The molecule has 0 saturated carbocycles. The van der Waals surface area contributed by atoms with Gasteiger partial charge in [0.1, 0.15) is 12.4 Å². The van der Waals surface area contributed by atoms with E-state index in [0.29, 0.717) is 35.3 Å². The van der Waals surface area contributed by atoms with Gasteiger partial charge >= 0.3 is 0 Å². The van der Waals surface area contributed by atoms with Crippen molar-refractivity contribution >= 4 is 23.7 Å². The molecule has 0 aliphatic heterocycles. The Balaban J connectivity index is 1.52. The van der Waals surface area contributed by atoms with E-state index in [1.807, 2.05) is 55.5 Å². The third-order valence-electron chi connectivity index (χ3n) is 4.47. The summed E-state index contributed by atoms with van der Waals surface area (Å²) in [6.45, 7) is 3.05. The summed E-state index contributed by atoms with van der Waals surface area (Å²) in [5, 5.41) is 4.72. The Labute approximate surface area is 192 Å². The summed E-state index contributed by atoms with van der Waals surface area (Å²) in [5.41, 5.74) is 4.80. The van der Waals surface area contributed by atoms with Gasteiger partial charge in [-0.25, -0.2) is 5.43 Å². The Hall–Kier alpha value is -3.51. The molecule has 3 aromatic rings. The number of methoxy groups -OCH3 is 1. The Morgan fingerprint density at radius 2 is 1.75 bits per heavy atom. The van der Waals surface area contributed by atoms with E-state index in [9.17, 15) is 4.79 Å². The minimum absolute atomic E-state index is 0.343. The molecule has 7 heteroatoms. The third-order valence-corrected chi connectivity index (χ3v) is 4.72. The topological polar surface area (TPSA) is 69.2 Å². The fourth-order valence-corrected chi connectivity index (χ4v) is 2.89. The normalized spacial score (nSPS) is 10.7. The van der Waals surface area contributed by atoms with Gasteiger partial charge in [0, 0.05) is 10.6 Å². The Morgan fingerprint density at radius 1 is 1.00 bits per heavy atom. The molecule has 0 heterocycles. The number of nitrogens with zero attached hydrogens (tertiary/aromatic N) is 1. The van der Waals surface area contributed by atoms with Gasteiger partial charge in [0.05, 0.1) is 19.9 Å². The predicted molar refractivity (Wildman–Crippen MR) is 126 cm³/mol. The van der Waals surface area contributed by atoms with Crippen molar-refractivity contribution in [2.75, 3.05) is 13.7 Å². The van der Waals surface area contributed by atoms with E-state index < -0.39 is 0 Å². The lowest BCUT2D eigenvalue weighted by molar-refractivity contribution is 0.0954. The van der Waals surface area contributed by atoms with Gasteiger partial charge in [0.15, 0.2) is 11.5 Å². The molecule has 0 atom stereocenters. The van der Waals surface area contributed by atoms with Gasteiger partial charge in [-0.2, -0.15) is 5.10 Å². The molecule has 6 nitrogen and oxygen atoms in total. The number of amides is 1. The van der Waals surface area contributed by atoms with Gasteiger partial charge < -0.3 is 14.2 Å². The van der Waals surface area contributed by atoms with Crippen molar-refractivity contribution in [3.8, 4) is 17.2 Å². The number of hydrazone groups is 1. The molecule has 1 amide bonds. The van der Waals surface area contributed by atoms with Crippen molar-refractivity contribution in [3.63, 3.8) is 0 Å². The number of hydrogen-bond donors (Lipinski definition) is 1. The summed E-state index contributed by atoms with van der Waals surface area (Å²) in [7, 11) is 1.54. The zero-order valence-electron chi connectivity index (χ0n) is 18.0. The molecular weight excluding hydrogens is 428 g/mol. The maximum absolute atomic E-state index is 12.4. The molecule has 0 saturated heterocycles. The van der Waals surface area contributed by atoms with Crippen LogP contribution in [0.2, 0.25) is 5.02 Å². The zero-order valence-corrected chi connectivity index (χ0v) is 18.8. The molecule has 0 spiro atoms. The molecule has 166 valence electrons. The Bertz CT molecular complexity index is 1050. The summed E-state index contributed by atoms with van der Waals surface area (Å²) in [6, 6.07) is 19.9. The van der Waals surface area contributed by atoms with Crippen molar-refractivity contribution < 1.29 is 19.0 Å². The number of hydrogen-bond acceptors (Lipinski definition) is 5. The number of nitrogens with one attached hydrogen (secondary N) is 1. The summed E-state index contributed by atoms with van der Waals surface area (Å²) in [5.74, 6) is 1.50. The van der Waals surface area contributed by atoms with Crippen molar-refractivity contribution in [3.05, 3.63) is 88.4 Å². The average Bonchev–Trinajstić information content (AvgIpc) is 2.83. The van der Waals surface area contributed by atoms with Crippen LogP contribution in [0.3, 0.4) is 0 Å². The highest BCUT2D eigenvalue weighted by Crippen LogP contribution is 2.28. The summed E-state index contributed by atoms with van der Waals surface area (Å²) < 4.78 is 16.7. The first-order valence-corrected chi connectivity index (χ1v) is 10.6. The molecule has 1 N–H and O–H groups in total. The van der Waals surface area contributed by atoms with Crippen LogP contribution < -0.4 is 19.6 Å². The van der Waals surface area contributed by atoms with E-state index in [1.54, 1.807) is 24.4 Å². The molecule has 0 radical (unpaired) electrons. The Morgan fingerprint density at radius 3 is 2.44 bits per heavy atom. The number of benzene rings is 3. The van der Waals surface area contributed by atoms with Crippen LogP contribution in [0.5, 0.6) is 17.2 Å². The second kappa shape index (κ2) is 11.8. The number of ether oxygens (including phenoxy) is 3. The second-order valence-electron chi connectivity index (χ2n) is 6.90. The van der Waals surface area contributed by atoms with Crippen LogP contribution in [0.4, 0.5) is 0 Å². The SMILES string of the molecule is CCCOc1ccc(C(=O)N/N=C/c2ccc(OCc3ccc(Cl)cc3)cc2)cc1OC. The zero-order chi connectivity index (χ0) is 22.8. The van der Waals surface area contributed by atoms with Gasteiger partial charge in [-0.3, -0.25) is 4.79 Å². The van der Waals surface area contributed by atoms with Crippen molar-refractivity contribution in [2.45, 2.75) is 20.0 Å². The monoisotopic (exact) mass is 452 g/mol. The fourth-order valence-electron chi connectivity index (χ4n) is 2.77.